The van der Waals surface area contributed by atoms with Gasteiger partial charge in [0.25, 0.3) is 0 Å². The number of esters is 1. The van der Waals surface area contributed by atoms with Gasteiger partial charge in [-0.15, -0.1) is 0 Å². The fourth-order valence-corrected chi connectivity index (χ4v) is 8.09. The Morgan fingerprint density at radius 1 is 0.816 bits per heavy atom. The Labute approximate surface area is 300 Å². The molecule has 0 radical (unpaired) electrons. The number of aromatic amines is 3. The van der Waals surface area contributed by atoms with Crippen LogP contribution in [0.2, 0.25) is 25.7 Å². The highest BCUT2D eigenvalue weighted by atomic mass is 79.9. The molecule has 6 nitrogen and oxygen atoms in total. The number of benzene rings is 2. The SMILES string of the molecule is CC1=NC(Cc2ccc(C(c3ccc(C)cc3)c3ccc(C(c4ccc(C(=O)OCC[Si](C)(C)C)cc4)c4ccc(Br)[nH]4)[nH]3)[nH]2)C(C)(C)C1. The quantitative estimate of drug-likeness (QED) is 0.0880. The second-order valence-electron chi connectivity index (χ2n) is 15.7. The van der Waals surface area contributed by atoms with Crippen molar-refractivity contribution in [2.24, 2.45) is 10.4 Å². The number of aliphatic imine (C=N–C) groups is 1. The zero-order chi connectivity index (χ0) is 34.9. The van der Waals surface area contributed by atoms with Crippen LogP contribution in [0, 0.1) is 12.3 Å². The molecule has 0 bridgehead atoms. The van der Waals surface area contributed by atoms with E-state index in [-0.39, 0.29) is 29.3 Å². The Bertz CT molecular complexity index is 1920. The van der Waals surface area contributed by atoms with E-state index in [1.807, 2.05) is 30.3 Å². The van der Waals surface area contributed by atoms with Gasteiger partial charge in [-0.25, -0.2) is 4.79 Å². The molecule has 6 rings (SSSR count). The summed E-state index contributed by atoms with van der Waals surface area (Å²) in [5.74, 6) is -0.370. The van der Waals surface area contributed by atoms with E-state index in [2.05, 4.69) is 133 Å². The zero-order valence-corrected chi connectivity index (χ0v) is 32.4. The minimum absolute atomic E-state index is 0.00532. The van der Waals surface area contributed by atoms with Crippen molar-refractivity contribution >= 4 is 35.7 Å². The van der Waals surface area contributed by atoms with Crippen LogP contribution in [0.15, 0.2) is 94.5 Å². The van der Waals surface area contributed by atoms with E-state index in [0.29, 0.717) is 12.2 Å². The van der Waals surface area contributed by atoms with E-state index < -0.39 is 8.07 Å². The van der Waals surface area contributed by atoms with Crippen LogP contribution >= 0.6 is 15.9 Å². The molecule has 2 aromatic carbocycles. The number of aromatic nitrogens is 3. The van der Waals surface area contributed by atoms with E-state index in [0.717, 1.165) is 51.8 Å². The van der Waals surface area contributed by atoms with Crippen molar-refractivity contribution in [3.8, 4) is 0 Å². The first kappa shape index (κ1) is 35.0. The highest BCUT2D eigenvalue weighted by molar-refractivity contribution is 9.10. The number of nitrogens with zero attached hydrogens (tertiary/aromatic N) is 1. The van der Waals surface area contributed by atoms with Crippen molar-refractivity contribution in [1.82, 2.24) is 15.0 Å². The van der Waals surface area contributed by atoms with Gasteiger partial charge in [0.2, 0.25) is 0 Å². The van der Waals surface area contributed by atoms with Crippen LogP contribution in [0.5, 0.6) is 0 Å². The molecule has 8 heteroatoms. The molecular formula is C41H49BrN4O2Si. The van der Waals surface area contributed by atoms with Crippen LogP contribution < -0.4 is 0 Å². The molecular weight excluding hydrogens is 688 g/mol. The van der Waals surface area contributed by atoms with Crippen LogP contribution in [0.25, 0.3) is 0 Å². The summed E-state index contributed by atoms with van der Waals surface area (Å²) >= 11 is 3.62. The molecule has 4 heterocycles. The molecule has 49 heavy (non-hydrogen) atoms. The second-order valence-corrected chi connectivity index (χ2v) is 22.1. The van der Waals surface area contributed by atoms with Crippen molar-refractivity contribution < 1.29 is 9.53 Å². The van der Waals surface area contributed by atoms with Gasteiger partial charge in [0.15, 0.2) is 0 Å². The monoisotopic (exact) mass is 736 g/mol. The summed E-state index contributed by atoms with van der Waals surface area (Å²) in [5.41, 5.74) is 11.1. The standard InChI is InChI=1S/C41H49BrN4O2Si/c1-26-8-10-28(11-9-26)38(32-17-16-31(44-32)24-36-41(3,4)25-27(2)43-36)33-18-19-34(45-33)39(35-20-21-37(42)46-35)29-12-14-30(15-13-29)40(47)48-22-23-49(5,6)7/h8-21,36,38-39,44-46H,22-25H2,1-7H3. The van der Waals surface area contributed by atoms with Crippen molar-refractivity contribution in [2.45, 2.75) is 84.1 Å². The van der Waals surface area contributed by atoms with E-state index in [1.54, 1.807) is 0 Å². The van der Waals surface area contributed by atoms with Crippen molar-refractivity contribution in [2.75, 3.05) is 6.61 Å². The number of hydrogen-bond donors (Lipinski definition) is 3. The summed E-state index contributed by atoms with van der Waals surface area (Å²) in [6.07, 6.45) is 1.94. The third-order valence-electron chi connectivity index (χ3n) is 9.80. The fourth-order valence-electron chi connectivity index (χ4n) is 7.02. The maximum absolute atomic E-state index is 12.8. The van der Waals surface area contributed by atoms with Crippen LogP contribution in [0.1, 0.15) is 94.5 Å². The zero-order valence-electron chi connectivity index (χ0n) is 29.8. The molecule has 0 amide bonds. The van der Waals surface area contributed by atoms with E-state index in [4.69, 9.17) is 9.73 Å². The van der Waals surface area contributed by atoms with Crippen LogP contribution in [-0.4, -0.2) is 47.4 Å². The molecule has 0 spiro atoms. The summed E-state index contributed by atoms with van der Waals surface area (Å²) in [6, 6.07) is 30.9. The molecule has 5 aromatic rings. The van der Waals surface area contributed by atoms with E-state index in [1.165, 1.54) is 22.5 Å². The first-order valence-electron chi connectivity index (χ1n) is 17.3. The molecule has 256 valence electrons. The Morgan fingerprint density at radius 3 is 1.92 bits per heavy atom. The van der Waals surface area contributed by atoms with Gasteiger partial charge in [-0.2, -0.15) is 0 Å². The van der Waals surface area contributed by atoms with Gasteiger partial charge in [-0.3, -0.25) is 4.99 Å². The van der Waals surface area contributed by atoms with Crippen LogP contribution in [0.4, 0.5) is 0 Å². The lowest BCUT2D eigenvalue weighted by Gasteiger charge is -2.25. The van der Waals surface area contributed by atoms with Gasteiger partial charge in [-0.1, -0.05) is 75.5 Å². The number of ether oxygens (including phenoxy) is 1. The normalized spacial score (nSPS) is 17.1. The summed E-state index contributed by atoms with van der Waals surface area (Å²) in [5, 5.41) is 0. The van der Waals surface area contributed by atoms with Gasteiger partial charge in [0, 0.05) is 48.7 Å². The first-order valence-corrected chi connectivity index (χ1v) is 21.8. The molecule has 0 saturated heterocycles. The topological polar surface area (TPSA) is 86.0 Å². The van der Waals surface area contributed by atoms with Crippen LogP contribution in [0.3, 0.4) is 0 Å². The number of carbonyl (C=O) groups excluding carboxylic acids is 1. The van der Waals surface area contributed by atoms with E-state index >= 15 is 0 Å². The highest BCUT2D eigenvalue weighted by Gasteiger charge is 2.35. The minimum atomic E-state index is -1.28. The summed E-state index contributed by atoms with van der Waals surface area (Å²) in [7, 11) is -1.28. The third-order valence-corrected chi connectivity index (χ3v) is 12.0. The van der Waals surface area contributed by atoms with Gasteiger partial charge in [-0.05, 0) is 107 Å². The summed E-state index contributed by atoms with van der Waals surface area (Å²) in [4.78, 5) is 29.0. The predicted molar refractivity (Wildman–Crippen MR) is 207 cm³/mol. The predicted octanol–water partition coefficient (Wildman–Crippen LogP) is 10.4. The molecule has 0 saturated carbocycles. The molecule has 3 atom stereocenters. The van der Waals surface area contributed by atoms with Crippen molar-refractivity contribution in [3.63, 3.8) is 0 Å². The Hall–Kier alpha value is -3.88. The number of rotatable bonds is 12. The second kappa shape index (κ2) is 14.2. The van der Waals surface area contributed by atoms with Gasteiger partial charge in [0.1, 0.15) is 0 Å². The average Bonchev–Trinajstić information content (AvgIpc) is 3.84. The number of nitrogens with one attached hydrogen (secondary N) is 3. The number of hydrogen-bond acceptors (Lipinski definition) is 3. The van der Waals surface area contributed by atoms with Gasteiger partial charge >= 0.3 is 5.97 Å². The Balaban J connectivity index is 1.31. The number of aryl methyl sites for hydroxylation is 1. The Kier molecular flexibility index (Phi) is 10.1. The Morgan fingerprint density at radius 2 is 1.37 bits per heavy atom. The van der Waals surface area contributed by atoms with Crippen LogP contribution in [-0.2, 0) is 11.2 Å². The largest absolute Gasteiger partial charge is 0.462 e. The molecule has 3 aromatic heterocycles. The van der Waals surface area contributed by atoms with E-state index in [9.17, 15) is 4.79 Å². The third kappa shape index (κ3) is 8.30. The maximum atomic E-state index is 12.8. The molecule has 3 unspecified atom stereocenters. The average molecular weight is 738 g/mol. The van der Waals surface area contributed by atoms with Gasteiger partial charge in [0.05, 0.1) is 34.7 Å². The lowest BCUT2D eigenvalue weighted by atomic mass is 9.81. The number of halogens is 1. The molecule has 1 aliphatic heterocycles. The van der Waals surface area contributed by atoms with Gasteiger partial charge < -0.3 is 19.7 Å². The molecule has 0 fully saturated rings. The smallest absolute Gasteiger partial charge is 0.338 e. The number of carbonyl (C=O) groups is 1. The number of H-pyrrole nitrogens is 3. The van der Waals surface area contributed by atoms with Crippen molar-refractivity contribution in [3.05, 3.63) is 140 Å². The molecule has 1 aliphatic rings. The lowest BCUT2D eigenvalue weighted by molar-refractivity contribution is 0.0525. The molecule has 0 aliphatic carbocycles. The fraction of sp³-hybridized carbons (Fsp3) is 0.366. The maximum Gasteiger partial charge on any atom is 0.338 e. The summed E-state index contributed by atoms with van der Waals surface area (Å²) in [6.45, 7) is 16.2. The first-order chi connectivity index (χ1) is 23.3. The summed E-state index contributed by atoms with van der Waals surface area (Å²) < 4.78 is 6.54. The van der Waals surface area contributed by atoms with Crippen molar-refractivity contribution in [1.29, 1.82) is 0 Å². The molecule has 3 N–H and O–H groups in total. The minimum Gasteiger partial charge on any atom is -0.462 e. The highest BCUT2D eigenvalue weighted by Crippen LogP contribution is 2.38. The lowest BCUT2D eigenvalue weighted by Crippen LogP contribution is -2.25.